The standard InChI is InChI=1S/C14H29NO2/c1-11(2)17-10-9-15(5)12-7-6-8-14(3,4)13(12)16/h11-13,16H,6-10H2,1-5H3. The highest BCUT2D eigenvalue weighted by Gasteiger charge is 2.39. The molecule has 0 bridgehead atoms. The number of nitrogens with zero attached hydrogens (tertiary/aromatic N) is 1. The van der Waals surface area contributed by atoms with E-state index in [-0.39, 0.29) is 23.7 Å². The molecule has 2 unspecified atom stereocenters. The lowest BCUT2D eigenvalue weighted by atomic mass is 9.72. The fourth-order valence-corrected chi connectivity index (χ4v) is 2.65. The van der Waals surface area contributed by atoms with E-state index in [0.29, 0.717) is 0 Å². The second-order valence-electron chi connectivity index (χ2n) is 6.29. The van der Waals surface area contributed by atoms with E-state index in [1.165, 1.54) is 6.42 Å². The van der Waals surface area contributed by atoms with Crippen LogP contribution in [-0.2, 0) is 4.74 Å². The van der Waals surface area contributed by atoms with Gasteiger partial charge in [-0.1, -0.05) is 20.3 Å². The van der Waals surface area contributed by atoms with Crippen LogP contribution in [0.2, 0.25) is 0 Å². The van der Waals surface area contributed by atoms with E-state index in [2.05, 4.69) is 39.6 Å². The molecule has 0 aliphatic heterocycles. The van der Waals surface area contributed by atoms with Crippen LogP contribution >= 0.6 is 0 Å². The van der Waals surface area contributed by atoms with Gasteiger partial charge in [0.05, 0.1) is 18.8 Å². The molecule has 1 N–H and O–H groups in total. The Kier molecular flexibility index (Phi) is 5.42. The van der Waals surface area contributed by atoms with Gasteiger partial charge in [0.1, 0.15) is 0 Å². The Bertz CT molecular complexity index is 228. The Morgan fingerprint density at radius 3 is 2.65 bits per heavy atom. The number of likely N-dealkylation sites (N-methyl/N-ethyl adjacent to an activating group) is 1. The minimum atomic E-state index is -0.222. The highest BCUT2D eigenvalue weighted by atomic mass is 16.5. The van der Waals surface area contributed by atoms with Crippen LogP contribution in [0.5, 0.6) is 0 Å². The lowest BCUT2D eigenvalue weighted by molar-refractivity contribution is -0.0572. The summed E-state index contributed by atoms with van der Waals surface area (Å²) in [5.74, 6) is 0. The first-order valence-corrected chi connectivity index (χ1v) is 6.84. The van der Waals surface area contributed by atoms with Crippen molar-refractivity contribution in [2.75, 3.05) is 20.2 Å². The van der Waals surface area contributed by atoms with Crippen LogP contribution in [0.1, 0.15) is 47.0 Å². The average molecular weight is 243 g/mol. The van der Waals surface area contributed by atoms with Crippen LogP contribution in [0, 0.1) is 5.41 Å². The van der Waals surface area contributed by atoms with Crippen LogP contribution in [0.4, 0.5) is 0 Å². The van der Waals surface area contributed by atoms with Crippen LogP contribution in [0.25, 0.3) is 0 Å². The Morgan fingerprint density at radius 1 is 1.41 bits per heavy atom. The fraction of sp³-hybridized carbons (Fsp3) is 1.00. The van der Waals surface area contributed by atoms with Gasteiger partial charge in [-0.2, -0.15) is 0 Å². The van der Waals surface area contributed by atoms with Gasteiger partial charge in [0.15, 0.2) is 0 Å². The maximum absolute atomic E-state index is 10.4. The van der Waals surface area contributed by atoms with Gasteiger partial charge in [-0.3, -0.25) is 4.90 Å². The highest BCUT2D eigenvalue weighted by Crippen LogP contribution is 2.37. The van der Waals surface area contributed by atoms with E-state index in [4.69, 9.17) is 4.74 Å². The SMILES string of the molecule is CC(C)OCCN(C)C1CCCC(C)(C)C1O. The Labute approximate surface area is 106 Å². The van der Waals surface area contributed by atoms with Gasteiger partial charge in [0.25, 0.3) is 0 Å². The summed E-state index contributed by atoms with van der Waals surface area (Å²) in [7, 11) is 2.10. The molecule has 3 heteroatoms. The fourth-order valence-electron chi connectivity index (χ4n) is 2.65. The topological polar surface area (TPSA) is 32.7 Å². The first-order chi connectivity index (χ1) is 7.84. The minimum absolute atomic E-state index is 0.0517. The molecule has 17 heavy (non-hydrogen) atoms. The van der Waals surface area contributed by atoms with E-state index in [1.807, 2.05) is 0 Å². The van der Waals surface area contributed by atoms with Gasteiger partial charge in [0.2, 0.25) is 0 Å². The molecule has 2 atom stereocenters. The van der Waals surface area contributed by atoms with Crippen molar-refractivity contribution in [2.45, 2.75) is 65.2 Å². The molecule has 0 heterocycles. The van der Waals surface area contributed by atoms with E-state index in [9.17, 15) is 5.11 Å². The molecule has 1 rings (SSSR count). The summed E-state index contributed by atoms with van der Waals surface area (Å²) in [6, 6.07) is 0.287. The molecule has 0 radical (unpaired) electrons. The maximum Gasteiger partial charge on any atom is 0.0746 e. The Morgan fingerprint density at radius 2 is 2.06 bits per heavy atom. The van der Waals surface area contributed by atoms with Crippen molar-refractivity contribution in [3.05, 3.63) is 0 Å². The van der Waals surface area contributed by atoms with Gasteiger partial charge < -0.3 is 9.84 Å². The van der Waals surface area contributed by atoms with E-state index < -0.39 is 0 Å². The molecule has 0 amide bonds. The van der Waals surface area contributed by atoms with E-state index >= 15 is 0 Å². The zero-order valence-electron chi connectivity index (χ0n) is 12.1. The summed E-state index contributed by atoms with van der Waals surface area (Å²) in [5, 5.41) is 10.4. The molecule has 0 aromatic rings. The molecule has 3 nitrogen and oxygen atoms in total. The first-order valence-electron chi connectivity index (χ1n) is 6.84. The molecule has 1 saturated carbocycles. The van der Waals surface area contributed by atoms with Crippen molar-refractivity contribution < 1.29 is 9.84 Å². The third-order valence-electron chi connectivity index (χ3n) is 3.95. The molecule has 0 aromatic carbocycles. The smallest absolute Gasteiger partial charge is 0.0746 e. The Hall–Kier alpha value is -0.120. The molecular formula is C14H29NO2. The summed E-state index contributed by atoms with van der Waals surface area (Å²) in [6.07, 6.45) is 3.50. The zero-order valence-corrected chi connectivity index (χ0v) is 12.1. The molecule has 0 spiro atoms. The van der Waals surface area contributed by atoms with Gasteiger partial charge in [-0.15, -0.1) is 0 Å². The normalized spacial score (nSPS) is 28.9. The number of ether oxygens (including phenoxy) is 1. The average Bonchev–Trinajstić information content (AvgIpc) is 2.21. The van der Waals surface area contributed by atoms with Crippen molar-refractivity contribution in [3.8, 4) is 0 Å². The van der Waals surface area contributed by atoms with Crippen molar-refractivity contribution >= 4 is 0 Å². The van der Waals surface area contributed by atoms with Crippen molar-refractivity contribution in [3.63, 3.8) is 0 Å². The number of hydrogen-bond acceptors (Lipinski definition) is 3. The summed E-state index contributed by atoms with van der Waals surface area (Å²) in [6.45, 7) is 10.1. The first kappa shape index (κ1) is 14.9. The summed E-state index contributed by atoms with van der Waals surface area (Å²) in [4.78, 5) is 2.26. The molecule has 1 aliphatic rings. The second-order valence-corrected chi connectivity index (χ2v) is 6.29. The quantitative estimate of drug-likeness (QED) is 0.804. The van der Waals surface area contributed by atoms with Crippen LogP contribution in [-0.4, -0.2) is 48.5 Å². The number of aliphatic hydroxyl groups excluding tert-OH is 1. The lowest BCUT2D eigenvalue weighted by Crippen LogP contribution is -2.51. The Balaban J connectivity index is 2.42. The highest BCUT2D eigenvalue weighted by molar-refractivity contribution is 4.92. The number of aliphatic hydroxyl groups is 1. The van der Waals surface area contributed by atoms with Crippen LogP contribution in [0.15, 0.2) is 0 Å². The molecular weight excluding hydrogens is 214 g/mol. The number of hydrogen-bond donors (Lipinski definition) is 1. The molecule has 0 aromatic heterocycles. The molecule has 102 valence electrons. The predicted molar refractivity (Wildman–Crippen MR) is 71.1 cm³/mol. The number of rotatable bonds is 5. The zero-order chi connectivity index (χ0) is 13.1. The lowest BCUT2D eigenvalue weighted by Gasteiger charge is -2.44. The summed E-state index contributed by atoms with van der Waals surface area (Å²) >= 11 is 0. The second kappa shape index (κ2) is 6.17. The van der Waals surface area contributed by atoms with Crippen LogP contribution < -0.4 is 0 Å². The third-order valence-corrected chi connectivity index (χ3v) is 3.95. The minimum Gasteiger partial charge on any atom is -0.391 e. The molecule has 1 fully saturated rings. The van der Waals surface area contributed by atoms with Crippen molar-refractivity contribution in [2.24, 2.45) is 5.41 Å². The monoisotopic (exact) mass is 243 g/mol. The van der Waals surface area contributed by atoms with Crippen molar-refractivity contribution in [1.29, 1.82) is 0 Å². The van der Waals surface area contributed by atoms with E-state index in [0.717, 1.165) is 26.0 Å². The van der Waals surface area contributed by atoms with Gasteiger partial charge in [-0.25, -0.2) is 0 Å². The maximum atomic E-state index is 10.4. The van der Waals surface area contributed by atoms with Gasteiger partial charge in [-0.05, 0) is 39.2 Å². The molecule has 1 aliphatic carbocycles. The summed E-state index contributed by atoms with van der Waals surface area (Å²) in [5.41, 5.74) is 0.0517. The van der Waals surface area contributed by atoms with E-state index in [1.54, 1.807) is 0 Å². The third kappa shape index (κ3) is 4.23. The van der Waals surface area contributed by atoms with Crippen LogP contribution in [0.3, 0.4) is 0 Å². The van der Waals surface area contributed by atoms with Gasteiger partial charge >= 0.3 is 0 Å². The van der Waals surface area contributed by atoms with Gasteiger partial charge in [0, 0.05) is 12.6 Å². The van der Waals surface area contributed by atoms with Crippen molar-refractivity contribution in [1.82, 2.24) is 4.90 Å². The summed E-state index contributed by atoms with van der Waals surface area (Å²) < 4.78 is 5.57. The predicted octanol–water partition coefficient (Wildman–Crippen LogP) is 2.28. The largest absolute Gasteiger partial charge is 0.391 e. The molecule has 0 saturated heterocycles.